The van der Waals surface area contributed by atoms with Crippen LogP contribution in [0.3, 0.4) is 0 Å². The molecular formula is C21H23N3O. The van der Waals surface area contributed by atoms with Crippen molar-refractivity contribution in [3.05, 3.63) is 71.9 Å². The molecule has 1 aromatic heterocycles. The lowest BCUT2D eigenvalue weighted by molar-refractivity contribution is 0.0640. The Morgan fingerprint density at radius 2 is 1.64 bits per heavy atom. The van der Waals surface area contributed by atoms with Gasteiger partial charge in [0, 0.05) is 49.8 Å². The zero-order chi connectivity index (χ0) is 17.1. The van der Waals surface area contributed by atoms with E-state index in [1.807, 2.05) is 35.4 Å². The van der Waals surface area contributed by atoms with Crippen LogP contribution >= 0.6 is 0 Å². The van der Waals surface area contributed by atoms with Crippen LogP contribution in [-0.2, 0) is 6.42 Å². The van der Waals surface area contributed by atoms with E-state index in [9.17, 15) is 4.79 Å². The molecule has 1 amide bonds. The summed E-state index contributed by atoms with van der Waals surface area (Å²) in [5, 5.41) is 1.01. The molecule has 1 aliphatic heterocycles. The van der Waals surface area contributed by atoms with Gasteiger partial charge in [-0.15, -0.1) is 0 Å². The van der Waals surface area contributed by atoms with E-state index in [2.05, 4.69) is 40.2 Å². The van der Waals surface area contributed by atoms with Crippen LogP contribution in [0.1, 0.15) is 15.9 Å². The number of aromatic amines is 1. The van der Waals surface area contributed by atoms with E-state index in [4.69, 9.17) is 0 Å². The summed E-state index contributed by atoms with van der Waals surface area (Å²) < 4.78 is 0. The van der Waals surface area contributed by atoms with Gasteiger partial charge < -0.3 is 9.88 Å². The number of para-hydroxylation sites is 1. The Kier molecular flexibility index (Phi) is 4.53. The molecule has 2 heterocycles. The van der Waals surface area contributed by atoms with E-state index in [-0.39, 0.29) is 5.91 Å². The molecule has 4 nitrogen and oxygen atoms in total. The Balaban J connectivity index is 1.34. The molecule has 0 bridgehead atoms. The van der Waals surface area contributed by atoms with Gasteiger partial charge in [0.15, 0.2) is 0 Å². The molecule has 0 saturated carbocycles. The van der Waals surface area contributed by atoms with Gasteiger partial charge in [0.2, 0.25) is 0 Å². The molecule has 1 fully saturated rings. The number of benzene rings is 2. The van der Waals surface area contributed by atoms with E-state index in [1.165, 1.54) is 5.56 Å². The van der Waals surface area contributed by atoms with Crippen molar-refractivity contribution in [1.82, 2.24) is 14.8 Å². The van der Waals surface area contributed by atoms with E-state index in [1.54, 1.807) is 0 Å². The molecule has 1 N–H and O–H groups in total. The van der Waals surface area contributed by atoms with Crippen molar-refractivity contribution in [2.75, 3.05) is 32.7 Å². The summed E-state index contributed by atoms with van der Waals surface area (Å²) in [6.45, 7) is 4.54. The molecule has 0 spiro atoms. The van der Waals surface area contributed by atoms with Gasteiger partial charge in [-0.1, -0.05) is 48.5 Å². The number of fused-ring (bicyclic) bond motifs is 1. The minimum Gasteiger partial charge on any atom is -0.360 e. The van der Waals surface area contributed by atoms with Crippen molar-refractivity contribution in [2.45, 2.75) is 6.42 Å². The lowest BCUT2D eigenvalue weighted by atomic mass is 10.1. The molecule has 0 unspecified atom stereocenters. The van der Waals surface area contributed by atoms with Crippen LogP contribution in [0.5, 0.6) is 0 Å². The third-order valence-electron chi connectivity index (χ3n) is 5.04. The second-order valence-corrected chi connectivity index (χ2v) is 6.62. The van der Waals surface area contributed by atoms with E-state index in [0.29, 0.717) is 0 Å². The molecule has 2 aromatic carbocycles. The van der Waals surface area contributed by atoms with Crippen LogP contribution in [0.15, 0.2) is 60.8 Å². The van der Waals surface area contributed by atoms with Crippen molar-refractivity contribution in [3.63, 3.8) is 0 Å². The largest absolute Gasteiger partial charge is 0.360 e. The monoisotopic (exact) mass is 333 g/mol. The number of amides is 1. The fraction of sp³-hybridized carbons (Fsp3) is 0.286. The van der Waals surface area contributed by atoms with Crippen LogP contribution in [0.25, 0.3) is 10.9 Å². The zero-order valence-corrected chi connectivity index (χ0v) is 14.3. The first-order valence-corrected chi connectivity index (χ1v) is 8.93. The number of hydrogen-bond donors (Lipinski definition) is 1. The third kappa shape index (κ3) is 3.44. The molecule has 0 radical (unpaired) electrons. The minimum absolute atomic E-state index is 0.139. The number of carbonyl (C=O) groups is 1. The van der Waals surface area contributed by atoms with Gasteiger partial charge in [0.25, 0.3) is 5.91 Å². The number of nitrogens with one attached hydrogen (secondary N) is 1. The number of piperazine rings is 1. The molecule has 4 rings (SSSR count). The predicted molar refractivity (Wildman–Crippen MR) is 101 cm³/mol. The molecule has 0 aliphatic carbocycles. The smallest absolute Gasteiger partial charge is 0.256 e. The van der Waals surface area contributed by atoms with Crippen molar-refractivity contribution in [3.8, 4) is 0 Å². The highest BCUT2D eigenvalue weighted by Gasteiger charge is 2.23. The van der Waals surface area contributed by atoms with Crippen molar-refractivity contribution in [2.24, 2.45) is 0 Å². The highest BCUT2D eigenvalue weighted by atomic mass is 16.2. The summed E-state index contributed by atoms with van der Waals surface area (Å²) in [4.78, 5) is 20.5. The second kappa shape index (κ2) is 7.11. The first-order valence-electron chi connectivity index (χ1n) is 8.93. The SMILES string of the molecule is O=C(c1c[nH]c2ccccc12)N1CCN(CCc2ccccc2)CC1. The van der Waals surface area contributed by atoms with Gasteiger partial charge >= 0.3 is 0 Å². The minimum atomic E-state index is 0.139. The Labute approximate surface area is 148 Å². The molecule has 128 valence electrons. The lowest BCUT2D eigenvalue weighted by Gasteiger charge is -2.34. The summed E-state index contributed by atoms with van der Waals surface area (Å²) in [7, 11) is 0. The topological polar surface area (TPSA) is 39.3 Å². The first kappa shape index (κ1) is 15.9. The van der Waals surface area contributed by atoms with Gasteiger partial charge in [-0.2, -0.15) is 0 Å². The van der Waals surface area contributed by atoms with Crippen molar-refractivity contribution < 1.29 is 4.79 Å². The van der Waals surface area contributed by atoms with Gasteiger partial charge in [0.05, 0.1) is 5.56 Å². The molecule has 4 heteroatoms. The van der Waals surface area contributed by atoms with E-state index < -0.39 is 0 Å². The number of nitrogens with zero attached hydrogens (tertiary/aromatic N) is 2. The fourth-order valence-corrected chi connectivity index (χ4v) is 3.53. The standard InChI is InChI=1S/C21H23N3O/c25-21(19-16-22-20-9-5-4-8-18(19)20)24-14-12-23(13-15-24)11-10-17-6-2-1-3-7-17/h1-9,16,22H,10-15H2. The summed E-state index contributed by atoms with van der Waals surface area (Å²) in [6, 6.07) is 18.6. The zero-order valence-electron chi connectivity index (χ0n) is 14.3. The number of rotatable bonds is 4. The number of carbonyl (C=O) groups excluding carboxylic acids is 1. The van der Waals surface area contributed by atoms with Gasteiger partial charge in [-0.05, 0) is 18.1 Å². The van der Waals surface area contributed by atoms with Crippen LogP contribution in [0.4, 0.5) is 0 Å². The first-order chi connectivity index (χ1) is 12.3. The predicted octanol–water partition coefficient (Wildman–Crippen LogP) is 3.17. The average Bonchev–Trinajstić information content (AvgIpc) is 3.11. The normalized spacial score (nSPS) is 15.6. The van der Waals surface area contributed by atoms with Gasteiger partial charge in [-0.3, -0.25) is 9.69 Å². The van der Waals surface area contributed by atoms with E-state index in [0.717, 1.165) is 55.6 Å². The Morgan fingerprint density at radius 1 is 0.920 bits per heavy atom. The maximum absolute atomic E-state index is 12.8. The molecular weight excluding hydrogens is 310 g/mol. The summed E-state index contributed by atoms with van der Waals surface area (Å²) in [5.41, 5.74) is 3.18. The molecule has 1 saturated heterocycles. The Bertz CT molecular complexity index is 848. The van der Waals surface area contributed by atoms with Crippen LogP contribution in [-0.4, -0.2) is 53.4 Å². The highest BCUT2D eigenvalue weighted by Crippen LogP contribution is 2.20. The fourth-order valence-electron chi connectivity index (χ4n) is 3.53. The van der Waals surface area contributed by atoms with E-state index >= 15 is 0 Å². The molecule has 25 heavy (non-hydrogen) atoms. The number of aromatic nitrogens is 1. The number of H-pyrrole nitrogens is 1. The molecule has 3 aromatic rings. The second-order valence-electron chi connectivity index (χ2n) is 6.62. The van der Waals surface area contributed by atoms with Crippen LogP contribution in [0, 0.1) is 0 Å². The molecule has 1 aliphatic rings. The van der Waals surface area contributed by atoms with Crippen molar-refractivity contribution in [1.29, 1.82) is 0 Å². The van der Waals surface area contributed by atoms with Gasteiger partial charge in [0.1, 0.15) is 0 Å². The maximum Gasteiger partial charge on any atom is 0.256 e. The quantitative estimate of drug-likeness (QED) is 0.796. The maximum atomic E-state index is 12.8. The lowest BCUT2D eigenvalue weighted by Crippen LogP contribution is -2.49. The highest BCUT2D eigenvalue weighted by molar-refractivity contribution is 6.06. The Hall–Kier alpha value is -2.59. The Morgan fingerprint density at radius 3 is 2.44 bits per heavy atom. The van der Waals surface area contributed by atoms with Gasteiger partial charge in [-0.25, -0.2) is 0 Å². The van der Waals surface area contributed by atoms with Crippen LogP contribution < -0.4 is 0 Å². The summed E-state index contributed by atoms with van der Waals surface area (Å²) >= 11 is 0. The average molecular weight is 333 g/mol. The van der Waals surface area contributed by atoms with Crippen molar-refractivity contribution >= 4 is 16.8 Å². The summed E-state index contributed by atoms with van der Waals surface area (Å²) in [5.74, 6) is 0.139. The number of hydrogen-bond acceptors (Lipinski definition) is 2. The molecule has 0 atom stereocenters. The summed E-state index contributed by atoms with van der Waals surface area (Å²) in [6.07, 6.45) is 2.91. The third-order valence-corrected chi connectivity index (χ3v) is 5.04. The van der Waals surface area contributed by atoms with Crippen LogP contribution in [0.2, 0.25) is 0 Å².